The Kier molecular flexibility index (Phi) is 7.35. The molecule has 1 aromatic carbocycles. The Balaban J connectivity index is 1.32. The monoisotopic (exact) mass is 668 g/mol. The third-order valence-corrected chi connectivity index (χ3v) is 11.5. The Morgan fingerprint density at radius 1 is 1.09 bits per heavy atom. The van der Waals surface area contributed by atoms with Crippen molar-refractivity contribution in [2.75, 3.05) is 25.5 Å². The molecule has 2 fully saturated rings. The number of imidazole rings is 1. The Morgan fingerprint density at radius 2 is 1.83 bits per heavy atom. The summed E-state index contributed by atoms with van der Waals surface area (Å²) in [5.74, 6) is 1.36. The number of hydrogen-bond donors (Lipinski definition) is 0. The van der Waals surface area contributed by atoms with Crippen LogP contribution in [0.5, 0.6) is 5.88 Å². The highest BCUT2D eigenvalue weighted by Crippen LogP contribution is 2.61. The average Bonchev–Trinajstić information content (AvgIpc) is 3.95. The summed E-state index contributed by atoms with van der Waals surface area (Å²) in [5.41, 5.74) is 2.91. The first-order valence-corrected chi connectivity index (χ1v) is 16.9. The molecule has 4 heterocycles. The maximum absolute atomic E-state index is 14.2. The van der Waals surface area contributed by atoms with Crippen molar-refractivity contribution < 1.29 is 26.3 Å². The molecule has 0 unspecified atom stereocenters. The number of hydrogen-bond acceptors (Lipinski definition) is 9. The molecule has 15 heteroatoms. The zero-order chi connectivity index (χ0) is 33.5. The number of benzene rings is 1. The van der Waals surface area contributed by atoms with Gasteiger partial charge in [0.25, 0.3) is 0 Å². The van der Waals surface area contributed by atoms with Gasteiger partial charge in [0.1, 0.15) is 22.5 Å². The zero-order valence-electron chi connectivity index (χ0n) is 26.7. The van der Waals surface area contributed by atoms with Crippen molar-refractivity contribution in [1.82, 2.24) is 34.4 Å². The minimum atomic E-state index is -4.59. The number of aromatic nitrogens is 6. The van der Waals surface area contributed by atoms with Crippen molar-refractivity contribution in [3.8, 4) is 28.7 Å². The van der Waals surface area contributed by atoms with E-state index in [1.807, 2.05) is 19.0 Å². The molecule has 4 aromatic rings. The zero-order valence-corrected chi connectivity index (χ0v) is 27.5. The predicted molar refractivity (Wildman–Crippen MR) is 168 cm³/mol. The Bertz CT molecular complexity index is 1990. The van der Waals surface area contributed by atoms with Crippen molar-refractivity contribution in [2.45, 2.75) is 75.5 Å². The summed E-state index contributed by atoms with van der Waals surface area (Å²) in [5, 5.41) is 0. The summed E-state index contributed by atoms with van der Waals surface area (Å²) in [7, 11) is 1.40. The molecule has 0 N–H and O–H groups in total. The van der Waals surface area contributed by atoms with Crippen LogP contribution in [0.2, 0.25) is 0 Å². The number of methoxy groups -OCH3 is 1. The van der Waals surface area contributed by atoms with Gasteiger partial charge >= 0.3 is 6.18 Å². The first-order valence-electron chi connectivity index (χ1n) is 15.5. The van der Waals surface area contributed by atoms with Crippen LogP contribution in [-0.4, -0.2) is 64.0 Å². The maximum Gasteiger partial charge on any atom is 0.434 e. The minimum absolute atomic E-state index is 0.0126. The Morgan fingerprint density at radius 3 is 2.45 bits per heavy atom. The third-order valence-electron chi connectivity index (χ3n) is 9.05. The quantitative estimate of drug-likeness (QED) is 0.222. The lowest BCUT2D eigenvalue weighted by atomic mass is 10.0. The summed E-state index contributed by atoms with van der Waals surface area (Å²) in [6.07, 6.45) is 2.38. The van der Waals surface area contributed by atoms with Crippen LogP contribution in [0.25, 0.3) is 22.8 Å². The Labute approximate surface area is 270 Å². The molecule has 248 valence electrons. The standard InChI is InChI=1S/C32H35F3N8O3S/c1-18(2)42-16-24(32(33,34)35)39-28(42)20-8-9-21(22(12-20)14-41(3)4)15-43-29-23(31(10-11-31)47(43,44)45)13-36-27(40-29)25-26(19-6-7-19)37-17-38-30(25)46-5/h8-9,12-13,16-19H,6-7,10-11,14-15H2,1-5H3. The van der Waals surface area contributed by atoms with E-state index in [1.165, 1.54) is 22.3 Å². The normalized spacial score (nSPS) is 18.0. The van der Waals surface area contributed by atoms with Crippen LogP contribution in [0.4, 0.5) is 19.0 Å². The van der Waals surface area contributed by atoms with Crippen molar-refractivity contribution in [1.29, 1.82) is 0 Å². The van der Waals surface area contributed by atoms with Gasteiger partial charge in [-0.3, -0.25) is 0 Å². The van der Waals surface area contributed by atoms with E-state index in [0.717, 1.165) is 30.3 Å². The highest BCUT2D eigenvalue weighted by Gasteiger charge is 2.65. The first kappa shape index (κ1) is 31.5. The van der Waals surface area contributed by atoms with E-state index in [2.05, 4.69) is 19.9 Å². The van der Waals surface area contributed by atoms with Crippen LogP contribution in [0.3, 0.4) is 0 Å². The van der Waals surface area contributed by atoms with E-state index in [0.29, 0.717) is 59.2 Å². The van der Waals surface area contributed by atoms with Gasteiger partial charge in [-0.1, -0.05) is 12.1 Å². The first-order chi connectivity index (χ1) is 22.2. The lowest BCUT2D eigenvalue weighted by molar-refractivity contribution is -0.140. The summed E-state index contributed by atoms with van der Waals surface area (Å²) >= 11 is 0. The molecule has 0 atom stereocenters. The highest BCUT2D eigenvalue weighted by atomic mass is 32.2. The van der Waals surface area contributed by atoms with Gasteiger partial charge in [-0.2, -0.15) is 13.2 Å². The van der Waals surface area contributed by atoms with Gasteiger partial charge in [0.15, 0.2) is 17.3 Å². The number of rotatable bonds is 9. The fraction of sp³-hybridized carbons (Fsp3) is 0.469. The van der Waals surface area contributed by atoms with Gasteiger partial charge in [0.2, 0.25) is 15.9 Å². The molecule has 0 amide bonds. The lowest BCUT2D eigenvalue weighted by Gasteiger charge is -2.23. The molecule has 2 saturated carbocycles. The van der Waals surface area contributed by atoms with Crippen LogP contribution < -0.4 is 9.04 Å². The molecule has 0 bridgehead atoms. The fourth-order valence-corrected chi connectivity index (χ4v) is 8.52. The molecule has 1 spiro atoms. The van der Waals surface area contributed by atoms with E-state index in [1.54, 1.807) is 38.2 Å². The van der Waals surface area contributed by atoms with Gasteiger partial charge in [-0.05, 0) is 70.8 Å². The average molecular weight is 669 g/mol. The molecule has 3 aromatic heterocycles. The van der Waals surface area contributed by atoms with E-state index < -0.39 is 26.6 Å². The number of fused-ring (bicyclic) bond motifs is 2. The van der Waals surface area contributed by atoms with Gasteiger partial charge < -0.3 is 14.2 Å². The largest absolute Gasteiger partial charge is 0.480 e. The van der Waals surface area contributed by atoms with Crippen LogP contribution in [0, 0.1) is 0 Å². The van der Waals surface area contributed by atoms with Gasteiger partial charge in [-0.25, -0.2) is 37.6 Å². The number of anilines is 1. The van der Waals surface area contributed by atoms with Crippen LogP contribution in [0.1, 0.15) is 79.6 Å². The molecule has 0 saturated heterocycles. The molecule has 2 aliphatic carbocycles. The minimum Gasteiger partial charge on any atom is -0.480 e. The number of alkyl halides is 3. The second kappa shape index (κ2) is 11.0. The summed E-state index contributed by atoms with van der Waals surface area (Å²) in [6.45, 7) is 4.00. The number of halogens is 3. The molecular formula is C32H35F3N8O3S. The molecule has 11 nitrogen and oxygen atoms in total. The smallest absolute Gasteiger partial charge is 0.434 e. The van der Waals surface area contributed by atoms with Crippen molar-refractivity contribution in [3.05, 3.63) is 65.0 Å². The number of sulfonamides is 1. The second-order valence-corrected chi connectivity index (χ2v) is 15.2. The van der Waals surface area contributed by atoms with Crippen molar-refractivity contribution in [2.24, 2.45) is 0 Å². The number of ether oxygens (including phenoxy) is 1. The van der Waals surface area contributed by atoms with Crippen molar-refractivity contribution >= 4 is 15.8 Å². The second-order valence-electron chi connectivity index (χ2n) is 13.0. The van der Waals surface area contributed by atoms with E-state index in [-0.39, 0.29) is 24.3 Å². The van der Waals surface area contributed by atoms with Gasteiger partial charge in [0.05, 0.1) is 19.3 Å². The van der Waals surface area contributed by atoms with E-state index in [4.69, 9.17) is 9.72 Å². The summed E-state index contributed by atoms with van der Waals surface area (Å²) in [4.78, 5) is 24.2. The predicted octanol–water partition coefficient (Wildman–Crippen LogP) is 5.68. The van der Waals surface area contributed by atoms with Crippen LogP contribution >= 0.6 is 0 Å². The van der Waals surface area contributed by atoms with E-state index in [9.17, 15) is 21.6 Å². The van der Waals surface area contributed by atoms with E-state index >= 15 is 0 Å². The molecule has 7 rings (SSSR count). The van der Waals surface area contributed by atoms with Gasteiger partial charge in [-0.15, -0.1) is 0 Å². The fourth-order valence-electron chi connectivity index (χ4n) is 6.38. The molecule has 1 aliphatic heterocycles. The lowest BCUT2D eigenvalue weighted by Crippen LogP contribution is -2.32. The SMILES string of the molecule is COc1ncnc(C2CC2)c1-c1ncc2c(n1)N(Cc1ccc(-c3nc(C(F)(F)F)cn3C(C)C)cc1CN(C)C)S(=O)(=O)C21CC1. The Hall–Kier alpha value is -4.11. The highest BCUT2D eigenvalue weighted by molar-refractivity contribution is 7.94. The molecular weight excluding hydrogens is 633 g/mol. The molecule has 0 radical (unpaired) electrons. The summed E-state index contributed by atoms with van der Waals surface area (Å²) < 4.78 is 76.7. The number of nitrogens with zero attached hydrogens (tertiary/aromatic N) is 8. The summed E-state index contributed by atoms with van der Waals surface area (Å²) in [6, 6.07) is 5.00. The maximum atomic E-state index is 14.2. The molecule has 3 aliphatic rings. The topological polar surface area (TPSA) is 119 Å². The van der Waals surface area contributed by atoms with Crippen LogP contribution in [-0.2, 0) is 34.0 Å². The van der Waals surface area contributed by atoms with Gasteiger partial charge in [0, 0.05) is 42.0 Å². The molecule has 47 heavy (non-hydrogen) atoms. The van der Waals surface area contributed by atoms with Crippen molar-refractivity contribution in [3.63, 3.8) is 0 Å². The third kappa shape index (κ3) is 5.23. The van der Waals surface area contributed by atoms with Crippen LogP contribution in [0.15, 0.2) is 36.9 Å².